The van der Waals surface area contributed by atoms with Crippen LogP contribution < -0.4 is 11.1 Å². The lowest BCUT2D eigenvalue weighted by Gasteiger charge is -2.20. The smallest absolute Gasteiger partial charge is 0.289 e. The number of nitrogens with zero attached hydrogens (tertiary/aromatic N) is 1. The van der Waals surface area contributed by atoms with Gasteiger partial charge < -0.3 is 11.1 Å². The Morgan fingerprint density at radius 2 is 1.79 bits per heavy atom. The third kappa shape index (κ3) is 5.13. The second-order valence-electron chi connectivity index (χ2n) is 6.45. The van der Waals surface area contributed by atoms with E-state index in [-0.39, 0.29) is 41.8 Å². The highest BCUT2D eigenvalue weighted by atomic mass is 35.5. The van der Waals surface area contributed by atoms with Crippen LogP contribution in [-0.2, 0) is 16.1 Å². The molecule has 2 unspecified atom stereocenters. The number of anilines is 1. The molecule has 1 saturated heterocycles. The largest absolute Gasteiger partial charge is 0.326 e. The van der Waals surface area contributed by atoms with E-state index in [2.05, 4.69) is 5.32 Å². The molecule has 3 amide bonds. The molecule has 1 fully saturated rings. The van der Waals surface area contributed by atoms with Crippen molar-refractivity contribution in [1.29, 1.82) is 0 Å². The third-order valence-corrected chi connectivity index (χ3v) is 5.40. The molecule has 0 aromatic heterocycles. The number of hydrogen-bond acceptors (Lipinski definition) is 5. The summed E-state index contributed by atoms with van der Waals surface area (Å²) in [6.07, 6.45) is 0. The normalized spacial score (nSPS) is 15.7. The molecule has 0 radical (unpaired) electrons. The van der Waals surface area contributed by atoms with Crippen molar-refractivity contribution in [3.8, 4) is 0 Å². The van der Waals surface area contributed by atoms with E-state index in [9.17, 15) is 14.4 Å². The summed E-state index contributed by atoms with van der Waals surface area (Å²) >= 11 is 1.02. The quantitative estimate of drug-likeness (QED) is 0.746. The molecular weight excluding hydrogens is 398 g/mol. The van der Waals surface area contributed by atoms with Crippen LogP contribution in [-0.4, -0.2) is 27.7 Å². The van der Waals surface area contributed by atoms with E-state index in [0.717, 1.165) is 22.9 Å². The first-order chi connectivity index (χ1) is 13.0. The van der Waals surface area contributed by atoms with Crippen LogP contribution in [0.15, 0.2) is 54.6 Å². The minimum atomic E-state index is -0.399. The first kappa shape index (κ1) is 21.9. The average Bonchev–Trinajstić information content (AvgIpc) is 3.01. The highest BCUT2D eigenvalue weighted by molar-refractivity contribution is 8.14. The van der Waals surface area contributed by atoms with E-state index in [1.54, 1.807) is 31.2 Å². The van der Waals surface area contributed by atoms with Crippen molar-refractivity contribution in [3.05, 3.63) is 65.7 Å². The number of nitrogens with two attached hydrogens (primary N) is 1. The number of halogens is 1. The Labute approximate surface area is 174 Å². The van der Waals surface area contributed by atoms with Crippen LogP contribution in [0.3, 0.4) is 0 Å². The Balaban J connectivity index is 0.00000280. The molecule has 1 aliphatic rings. The number of carbonyl (C=O) groups excluding carboxylic acids is 3. The summed E-state index contributed by atoms with van der Waals surface area (Å²) in [5.41, 5.74) is 8.58. The van der Waals surface area contributed by atoms with Crippen molar-refractivity contribution < 1.29 is 14.4 Å². The predicted octanol–water partition coefficient (Wildman–Crippen LogP) is 3.58. The van der Waals surface area contributed by atoms with Gasteiger partial charge in [0.25, 0.3) is 5.24 Å². The van der Waals surface area contributed by atoms with Crippen molar-refractivity contribution >= 4 is 46.9 Å². The lowest BCUT2D eigenvalue weighted by Crippen LogP contribution is -2.30. The molecule has 6 nitrogen and oxygen atoms in total. The van der Waals surface area contributed by atoms with E-state index < -0.39 is 12.0 Å². The van der Waals surface area contributed by atoms with Crippen molar-refractivity contribution in [1.82, 2.24) is 4.90 Å². The second kappa shape index (κ2) is 9.73. The molecule has 1 aliphatic heterocycles. The fourth-order valence-electron chi connectivity index (χ4n) is 2.79. The SMILES string of the molecule is CC(C(=O)Nc1ccc(CN2C(=O)CSC2=O)cc1)C(N)c1ccccc1.Cl. The number of imide groups is 1. The molecule has 2 atom stereocenters. The summed E-state index contributed by atoms with van der Waals surface area (Å²) in [4.78, 5) is 37.0. The van der Waals surface area contributed by atoms with Gasteiger partial charge >= 0.3 is 0 Å². The monoisotopic (exact) mass is 419 g/mol. The number of hydrogen-bond donors (Lipinski definition) is 2. The van der Waals surface area contributed by atoms with Crippen molar-refractivity contribution in [2.24, 2.45) is 11.7 Å². The molecule has 3 N–H and O–H groups in total. The van der Waals surface area contributed by atoms with Gasteiger partial charge in [-0.3, -0.25) is 19.3 Å². The average molecular weight is 420 g/mol. The molecule has 2 aromatic rings. The number of rotatable bonds is 6. The van der Waals surface area contributed by atoms with Crippen LogP contribution >= 0.6 is 24.2 Å². The minimum absolute atomic E-state index is 0. The molecule has 8 heteroatoms. The highest BCUT2D eigenvalue weighted by Gasteiger charge is 2.29. The second-order valence-corrected chi connectivity index (χ2v) is 7.37. The van der Waals surface area contributed by atoms with Crippen molar-refractivity contribution in [3.63, 3.8) is 0 Å². The van der Waals surface area contributed by atoms with Crippen molar-refractivity contribution in [2.45, 2.75) is 19.5 Å². The third-order valence-electron chi connectivity index (χ3n) is 4.54. The zero-order chi connectivity index (χ0) is 19.4. The molecule has 28 heavy (non-hydrogen) atoms. The van der Waals surface area contributed by atoms with Crippen LogP contribution in [0.4, 0.5) is 10.5 Å². The summed E-state index contributed by atoms with van der Waals surface area (Å²) in [6, 6.07) is 16.2. The molecule has 0 saturated carbocycles. The Kier molecular flexibility index (Phi) is 7.62. The summed E-state index contributed by atoms with van der Waals surface area (Å²) in [7, 11) is 0. The Morgan fingerprint density at radius 1 is 1.14 bits per heavy atom. The predicted molar refractivity (Wildman–Crippen MR) is 113 cm³/mol. The van der Waals surface area contributed by atoms with Gasteiger partial charge in [0.15, 0.2) is 0 Å². The van der Waals surface area contributed by atoms with Gasteiger partial charge in [-0.1, -0.05) is 61.2 Å². The Hall–Kier alpha value is -2.35. The lowest BCUT2D eigenvalue weighted by atomic mass is 9.94. The minimum Gasteiger partial charge on any atom is -0.326 e. The number of benzene rings is 2. The first-order valence-electron chi connectivity index (χ1n) is 8.63. The maximum Gasteiger partial charge on any atom is 0.289 e. The highest BCUT2D eigenvalue weighted by Crippen LogP contribution is 2.23. The molecule has 2 aromatic carbocycles. The number of thioether (sulfide) groups is 1. The van der Waals surface area contributed by atoms with Gasteiger partial charge in [0.2, 0.25) is 11.8 Å². The van der Waals surface area contributed by atoms with Gasteiger partial charge in [-0.15, -0.1) is 12.4 Å². The van der Waals surface area contributed by atoms with Crippen LogP contribution in [0.5, 0.6) is 0 Å². The lowest BCUT2D eigenvalue weighted by molar-refractivity contribution is -0.125. The van der Waals surface area contributed by atoms with Crippen molar-refractivity contribution in [2.75, 3.05) is 11.1 Å². The number of carbonyl (C=O) groups is 3. The number of nitrogens with one attached hydrogen (secondary N) is 1. The standard InChI is InChI=1S/C20H21N3O3S.ClH/c1-13(18(21)15-5-3-2-4-6-15)19(25)22-16-9-7-14(8-10-16)11-23-17(24)12-27-20(23)26;/h2-10,13,18H,11-12,21H2,1H3,(H,22,25);1H. The van der Waals surface area contributed by atoms with Gasteiger partial charge in [-0.2, -0.15) is 0 Å². The Bertz CT molecular complexity index is 830. The number of amides is 3. The summed E-state index contributed by atoms with van der Waals surface area (Å²) < 4.78 is 0. The van der Waals surface area contributed by atoms with E-state index in [4.69, 9.17) is 5.73 Å². The molecule has 1 heterocycles. The Morgan fingerprint density at radius 3 is 2.36 bits per heavy atom. The fourth-order valence-corrected chi connectivity index (χ4v) is 3.52. The molecule has 0 bridgehead atoms. The zero-order valence-corrected chi connectivity index (χ0v) is 17.0. The van der Waals surface area contributed by atoms with Gasteiger partial charge in [-0.25, -0.2) is 0 Å². The summed E-state index contributed by atoms with van der Waals surface area (Å²) in [6.45, 7) is 2.04. The maximum absolute atomic E-state index is 12.5. The molecular formula is C20H22ClN3O3S. The van der Waals surface area contributed by atoms with Gasteiger partial charge in [0.05, 0.1) is 18.2 Å². The van der Waals surface area contributed by atoms with E-state index in [1.165, 1.54) is 4.90 Å². The van der Waals surface area contributed by atoms with E-state index in [1.807, 2.05) is 30.3 Å². The van der Waals surface area contributed by atoms with Crippen LogP contribution in [0.25, 0.3) is 0 Å². The maximum atomic E-state index is 12.5. The van der Waals surface area contributed by atoms with Crippen LogP contribution in [0.1, 0.15) is 24.1 Å². The van der Waals surface area contributed by atoms with E-state index in [0.29, 0.717) is 5.69 Å². The topological polar surface area (TPSA) is 92.5 Å². The molecule has 0 spiro atoms. The zero-order valence-electron chi connectivity index (χ0n) is 15.3. The molecule has 148 valence electrons. The molecule has 0 aliphatic carbocycles. The molecule has 3 rings (SSSR count). The van der Waals surface area contributed by atoms with Crippen LogP contribution in [0, 0.1) is 5.92 Å². The first-order valence-corrected chi connectivity index (χ1v) is 9.61. The van der Waals surface area contributed by atoms with Gasteiger partial charge in [0.1, 0.15) is 0 Å². The van der Waals surface area contributed by atoms with Gasteiger partial charge in [-0.05, 0) is 23.3 Å². The van der Waals surface area contributed by atoms with E-state index >= 15 is 0 Å². The summed E-state index contributed by atoms with van der Waals surface area (Å²) in [5, 5.41) is 2.64. The fraction of sp³-hybridized carbons (Fsp3) is 0.250. The van der Waals surface area contributed by atoms with Crippen LogP contribution in [0.2, 0.25) is 0 Å². The summed E-state index contributed by atoms with van der Waals surface area (Å²) in [5.74, 6) is -0.539. The van der Waals surface area contributed by atoms with Gasteiger partial charge in [0, 0.05) is 11.7 Å².